The molecule has 1 saturated carbocycles. The summed E-state index contributed by atoms with van der Waals surface area (Å²) >= 11 is 0. The summed E-state index contributed by atoms with van der Waals surface area (Å²) in [6, 6.07) is 0.782. The molecule has 92 valence electrons. The summed E-state index contributed by atoms with van der Waals surface area (Å²) in [7, 11) is 1.82. The molecule has 1 N–H and O–H groups in total. The largest absolute Gasteiger partial charge is 0.380 e. The monoisotopic (exact) mass is 224 g/mol. The molecular formula is C13H24N2O. The molecule has 0 amide bonds. The molecule has 1 unspecified atom stereocenters. The van der Waals surface area contributed by atoms with Crippen LogP contribution < -0.4 is 5.32 Å². The molecule has 3 nitrogen and oxygen atoms in total. The highest BCUT2D eigenvalue weighted by Gasteiger charge is 2.22. The molecule has 16 heavy (non-hydrogen) atoms. The van der Waals surface area contributed by atoms with Crippen LogP contribution in [0.4, 0.5) is 0 Å². The lowest BCUT2D eigenvalue weighted by Gasteiger charge is -2.32. The molecule has 1 atom stereocenters. The smallest absolute Gasteiger partial charge is 0.0698 e. The molecule has 0 aromatic rings. The third-order valence-corrected chi connectivity index (χ3v) is 3.46. The molecule has 0 radical (unpaired) electrons. The maximum atomic E-state index is 5.42. The summed E-state index contributed by atoms with van der Waals surface area (Å²) in [4.78, 5) is 2.47. The van der Waals surface area contributed by atoms with E-state index < -0.39 is 0 Å². The number of rotatable bonds is 6. The number of piperidine rings is 1. The second-order valence-electron chi connectivity index (χ2n) is 5.14. The zero-order valence-electron chi connectivity index (χ0n) is 10.4. The van der Waals surface area contributed by atoms with Gasteiger partial charge < -0.3 is 10.1 Å². The first-order valence-electron chi connectivity index (χ1n) is 6.43. The molecule has 1 heterocycles. The Morgan fingerprint density at radius 2 is 2.25 bits per heavy atom. The standard InChI is InChI=1S/C13H24N2O/c1-11(8-14-12-5-6-12)9-15-7-3-4-13(10-15)16-2/h12-14H,1,3-10H2,2H3. The summed E-state index contributed by atoms with van der Waals surface area (Å²) in [5.74, 6) is 0. The fourth-order valence-electron chi connectivity index (χ4n) is 2.30. The van der Waals surface area contributed by atoms with Gasteiger partial charge in [-0.1, -0.05) is 6.58 Å². The van der Waals surface area contributed by atoms with Crippen molar-refractivity contribution in [1.82, 2.24) is 10.2 Å². The van der Waals surface area contributed by atoms with Crippen LogP contribution in [0.15, 0.2) is 12.2 Å². The maximum Gasteiger partial charge on any atom is 0.0698 e. The average Bonchev–Trinajstić information content (AvgIpc) is 3.10. The topological polar surface area (TPSA) is 24.5 Å². The Balaban J connectivity index is 1.64. The van der Waals surface area contributed by atoms with Gasteiger partial charge in [-0.15, -0.1) is 0 Å². The van der Waals surface area contributed by atoms with Crippen molar-refractivity contribution in [2.24, 2.45) is 0 Å². The van der Waals surface area contributed by atoms with Gasteiger partial charge in [0.25, 0.3) is 0 Å². The number of methoxy groups -OCH3 is 1. The highest BCUT2D eigenvalue weighted by Crippen LogP contribution is 2.19. The van der Waals surface area contributed by atoms with Gasteiger partial charge in [-0.2, -0.15) is 0 Å². The van der Waals surface area contributed by atoms with Gasteiger partial charge in [0.2, 0.25) is 0 Å². The molecule has 3 heteroatoms. The normalized spacial score (nSPS) is 26.9. The van der Waals surface area contributed by atoms with Crippen molar-refractivity contribution in [3.63, 3.8) is 0 Å². The number of hydrogen-bond acceptors (Lipinski definition) is 3. The van der Waals surface area contributed by atoms with Crippen molar-refractivity contribution in [3.8, 4) is 0 Å². The quantitative estimate of drug-likeness (QED) is 0.690. The minimum atomic E-state index is 0.429. The lowest BCUT2D eigenvalue weighted by atomic mass is 10.1. The highest BCUT2D eigenvalue weighted by atomic mass is 16.5. The minimum absolute atomic E-state index is 0.429. The lowest BCUT2D eigenvalue weighted by Crippen LogP contribution is -2.41. The molecule has 0 aromatic heterocycles. The minimum Gasteiger partial charge on any atom is -0.380 e. The van der Waals surface area contributed by atoms with E-state index in [1.165, 1.54) is 37.8 Å². The van der Waals surface area contributed by atoms with Gasteiger partial charge in [-0.05, 0) is 37.8 Å². The first kappa shape index (κ1) is 12.1. The van der Waals surface area contributed by atoms with Gasteiger partial charge in [0.05, 0.1) is 6.10 Å². The lowest BCUT2D eigenvalue weighted by molar-refractivity contribution is 0.0347. The Kier molecular flexibility index (Phi) is 4.38. The van der Waals surface area contributed by atoms with Gasteiger partial charge in [0.15, 0.2) is 0 Å². The van der Waals surface area contributed by atoms with Crippen LogP contribution in [-0.2, 0) is 4.74 Å². The van der Waals surface area contributed by atoms with Crippen molar-refractivity contribution in [3.05, 3.63) is 12.2 Å². The molecule has 2 rings (SSSR count). The summed E-state index contributed by atoms with van der Waals surface area (Å²) < 4.78 is 5.42. The second kappa shape index (κ2) is 5.80. The van der Waals surface area contributed by atoms with Crippen LogP contribution in [0, 0.1) is 0 Å². The van der Waals surface area contributed by atoms with Gasteiger partial charge >= 0.3 is 0 Å². The van der Waals surface area contributed by atoms with Crippen LogP contribution in [-0.4, -0.2) is 50.3 Å². The van der Waals surface area contributed by atoms with Crippen molar-refractivity contribution in [2.45, 2.75) is 37.8 Å². The first-order chi connectivity index (χ1) is 7.78. The molecule has 0 spiro atoms. The molecule has 0 aromatic carbocycles. The number of ether oxygens (including phenoxy) is 1. The maximum absolute atomic E-state index is 5.42. The van der Waals surface area contributed by atoms with Gasteiger partial charge in [0.1, 0.15) is 0 Å². The summed E-state index contributed by atoms with van der Waals surface area (Å²) in [5.41, 5.74) is 1.31. The number of hydrogen-bond donors (Lipinski definition) is 1. The van der Waals surface area contributed by atoms with E-state index in [1.54, 1.807) is 0 Å². The third-order valence-electron chi connectivity index (χ3n) is 3.46. The van der Waals surface area contributed by atoms with Crippen molar-refractivity contribution >= 4 is 0 Å². The van der Waals surface area contributed by atoms with E-state index in [4.69, 9.17) is 4.74 Å². The first-order valence-corrected chi connectivity index (χ1v) is 6.43. The van der Waals surface area contributed by atoms with Crippen LogP contribution in [0.2, 0.25) is 0 Å². The van der Waals surface area contributed by atoms with Gasteiger partial charge in [0, 0.05) is 32.8 Å². The van der Waals surface area contributed by atoms with Crippen LogP contribution in [0.25, 0.3) is 0 Å². The number of nitrogens with one attached hydrogen (secondary N) is 1. The average molecular weight is 224 g/mol. The van der Waals surface area contributed by atoms with Crippen LogP contribution in [0.1, 0.15) is 25.7 Å². The van der Waals surface area contributed by atoms with Crippen LogP contribution >= 0.6 is 0 Å². The van der Waals surface area contributed by atoms with E-state index in [9.17, 15) is 0 Å². The Hall–Kier alpha value is -0.380. The molecule has 1 saturated heterocycles. The van der Waals surface area contributed by atoms with E-state index >= 15 is 0 Å². The predicted octanol–water partition coefficient (Wildman–Crippen LogP) is 1.41. The Morgan fingerprint density at radius 3 is 2.94 bits per heavy atom. The molecule has 1 aliphatic heterocycles. The molecule has 1 aliphatic carbocycles. The third kappa shape index (κ3) is 3.89. The number of nitrogens with zero attached hydrogens (tertiary/aromatic N) is 1. The molecule has 2 fully saturated rings. The van der Waals surface area contributed by atoms with Crippen molar-refractivity contribution < 1.29 is 4.74 Å². The number of likely N-dealkylation sites (tertiary alicyclic amines) is 1. The summed E-state index contributed by atoms with van der Waals surface area (Å²) in [5, 5.41) is 3.51. The van der Waals surface area contributed by atoms with Gasteiger partial charge in [-0.25, -0.2) is 0 Å². The highest BCUT2D eigenvalue weighted by molar-refractivity contribution is 5.02. The van der Waals surface area contributed by atoms with Crippen LogP contribution in [0.5, 0.6) is 0 Å². The fraction of sp³-hybridized carbons (Fsp3) is 0.846. The molecule has 2 aliphatic rings. The van der Waals surface area contributed by atoms with Gasteiger partial charge in [-0.3, -0.25) is 4.90 Å². The molecule has 0 bridgehead atoms. The predicted molar refractivity (Wildman–Crippen MR) is 66.6 cm³/mol. The second-order valence-corrected chi connectivity index (χ2v) is 5.14. The van der Waals surface area contributed by atoms with E-state index in [0.717, 1.165) is 25.7 Å². The Morgan fingerprint density at radius 1 is 1.44 bits per heavy atom. The van der Waals surface area contributed by atoms with E-state index in [2.05, 4.69) is 16.8 Å². The summed E-state index contributed by atoms with van der Waals surface area (Å²) in [6.45, 7) is 8.43. The van der Waals surface area contributed by atoms with Crippen LogP contribution in [0.3, 0.4) is 0 Å². The van der Waals surface area contributed by atoms with E-state index in [-0.39, 0.29) is 0 Å². The molecular weight excluding hydrogens is 200 g/mol. The van der Waals surface area contributed by atoms with E-state index in [1.807, 2.05) is 7.11 Å². The fourth-order valence-corrected chi connectivity index (χ4v) is 2.30. The van der Waals surface area contributed by atoms with Crippen molar-refractivity contribution in [2.75, 3.05) is 33.3 Å². The SMILES string of the molecule is C=C(CNC1CC1)CN1CCCC(OC)C1. The Bertz CT molecular complexity index is 238. The summed E-state index contributed by atoms with van der Waals surface area (Å²) in [6.07, 6.45) is 5.59. The zero-order chi connectivity index (χ0) is 11.4. The Labute approximate surface area is 98.8 Å². The zero-order valence-corrected chi connectivity index (χ0v) is 10.4. The van der Waals surface area contributed by atoms with Crippen molar-refractivity contribution in [1.29, 1.82) is 0 Å². The van der Waals surface area contributed by atoms with E-state index in [0.29, 0.717) is 6.10 Å².